The number of benzene rings is 10. The average molecular weight is 941 g/mol. The molecule has 81 heavy (non-hydrogen) atoms. The molecule has 296 valence electrons. The van der Waals surface area contributed by atoms with E-state index in [1.165, 1.54) is 0 Å². The zero-order valence-electron chi connectivity index (χ0n) is 42.7. The molecule has 0 atom stereocenters. The van der Waals surface area contributed by atoms with E-state index in [0.29, 0.717) is 0 Å². The zero-order chi connectivity index (χ0) is 59.6. The van der Waals surface area contributed by atoms with E-state index >= 15 is 0 Å². The standard InChI is InChI=1S/C50B30O/c51-19-9(29(61)23(55)7-8-12(31(63)30(62)11(7)19)20(52)13(32(64)24(8)56)15-34(66)45(77)47(79)46(78)35(15)67)1-3-5(27(59)41(73)39(71)25(3)57)2(6-4(1)26(58)40(72)42(74)28(6)60)10-21(53)18-17-22(54)14-16(36(68)44(76)43(75)33(14)65)38(70)49(17)81-50(18)48(80)37(10)69. The first-order valence-corrected chi connectivity index (χ1v) is 23.8. The van der Waals surface area contributed by atoms with Crippen molar-refractivity contribution in [3.8, 4) is 33.4 Å². The predicted molar refractivity (Wildman–Crippen MR) is 379 cm³/mol. The van der Waals surface area contributed by atoms with Crippen LogP contribution in [0.25, 0.3) is 109 Å². The summed E-state index contributed by atoms with van der Waals surface area (Å²) in [7, 11) is 205. The van der Waals surface area contributed by atoms with Crippen LogP contribution in [0.5, 0.6) is 0 Å². The summed E-state index contributed by atoms with van der Waals surface area (Å²) >= 11 is 0. The number of hydrogen-bond acceptors (Lipinski definition) is 1. The van der Waals surface area contributed by atoms with Crippen molar-refractivity contribution in [3.63, 3.8) is 0 Å². The second-order valence-corrected chi connectivity index (χ2v) is 19.9. The third-order valence-electron chi connectivity index (χ3n) is 16.0. The highest BCUT2D eigenvalue weighted by Crippen LogP contribution is 2.40. The molecule has 0 aliphatic carbocycles. The fraction of sp³-hybridized carbons (Fsp3) is 0. The molecule has 0 saturated heterocycles. The number of rotatable bonds is 3. The minimum absolute atomic E-state index is 0.00206. The van der Waals surface area contributed by atoms with Crippen LogP contribution in [0.3, 0.4) is 0 Å². The molecule has 31 heteroatoms. The Morgan fingerprint density at radius 3 is 0.654 bits per heavy atom. The molecule has 10 aromatic carbocycles. The molecule has 0 N–H and O–H groups in total. The molecule has 11 rings (SSSR count). The molecule has 0 unspecified atom stereocenters. The Hall–Kier alpha value is -4.75. The van der Waals surface area contributed by atoms with Gasteiger partial charge in [-0.25, -0.2) is 0 Å². The molecule has 0 amide bonds. The van der Waals surface area contributed by atoms with Gasteiger partial charge in [0.2, 0.25) is 0 Å². The lowest BCUT2D eigenvalue weighted by Crippen LogP contribution is -2.56. The van der Waals surface area contributed by atoms with Gasteiger partial charge in [0.25, 0.3) is 0 Å². The van der Waals surface area contributed by atoms with E-state index in [-0.39, 0.29) is 273 Å². The van der Waals surface area contributed by atoms with Gasteiger partial charge in [0.15, 0.2) is 0 Å². The highest BCUT2D eigenvalue weighted by atomic mass is 16.3. The molecule has 1 heterocycles. The van der Waals surface area contributed by atoms with Crippen LogP contribution < -0.4 is 164 Å². The van der Waals surface area contributed by atoms with Crippen LogP contribution in [0.15, 0.2) is 4.42 Å². The first-order valence-electron chi connectivity index (χ1n) is 23.8. The third kappa shape index (κ3) is 7.30. The predicted octanol–water partition coefficient (Wildman–Crippen LogP) is -21.8. The summed E-state index contributed by atoms with van der Waals surface area (Å²) in [5, 5.41) is 0.388. The van der Waals surface area contributed by atoms with Crippen molar-refractivity contribution in [2.75, 3.05) is 0 Å². The first kappa shape index (κ1) is 58.0. The molecule has 0 fully saturated rings. The largest absolute Gasteiger partial charge is 0.457 e. The monoisotopic (exact) mass is 946 g/mol. The van der Waals surface area contributed by atoms with E-state index < -0.39 is 0 Å². The van der Waals surface area contributed by atoms with Crippen LogP contribution >= 0.6 is 0 Å². The fourth-order valence-corrected chi connectivity index (χ4v) is 11.8. The molecule has 0 bridgehead atoms. The van der Waals surface area contributed by atoms with Gasteiger partial charge in [-0.05, 0) is 92.7 Å². The van der Waals surface area contributed by atoms with Crippen molar-refractivity contribution in [3.05, 3.63) is 0 Å². The molecule has 1 nitrogen and oxygen atoms in total. The van der Waals surface area contributed by atoms with Crippen LogP contribution in [0.1, 0.15) is 0 Å². The van der Waals surface area contributed by atoms with Gasteiger partial charge in [0, 0.05) is 10.8 Å². The molecule has 1 aromatic heterocycles. The molecular formula is C50B30O. The van der Waals surface area contributed by atoms with Crippen LogP contribution in [-0.4, -0.2) is 235 Å². The van der Waals surface area contributed by atoms with Gasteiger partial charge in [0.05, 0.1) is 0 Å². The first-order chi connectivity index (χ1) is 37.8. The van der Waals surface area contributed by atoms with Crippen molar-refractivity contribution in [2.45, 2.75) is 0 Å². The second-order valence-electron chi connectivity index (χ2n) is 19.9. The van der Waals surface area contributed by atoms with Gasteiger partial charge in [0.1, 0.15) is 247 Å². The van der Waals surface area contributed by atoms with Gasteiger partial charge in [-0.1, -0.05) is 109 Å². The number of fused-ring (bicyclic) bond motifs is 9. The summed E-state index contributed by atoms with van der Waals surface area (Å²) in [6, 6.07) is 0. The Labute approximate surface area is 509 Å². The number of furan rings is 1. The van der Waals surface area contributed by atoms with E-state index in [0.717, 1.165) is 0 Å². The summed E-state index contributed by atoms with van der Waals surface area (Å²) in [5.41, 5.74) is -4.93. The normalized spacial score (nSPS) is 12.0. The maximum absolute atomic E-state index is 7.41. The molecule has 0 spiro atoms. The number of hydrogen-bond donors (Lipinski definition) is 0. The van der Waals surface area contributed by atoms with Gasteiger partial charge in [-0.3, -0.25) is 0 Å². The molecular weight excluding hydrogens is 941 g/mol. The minimum Gasteiger partial charge on any atom is -0.457 e. The topological polar surface area (TPSA) is 13.1 Å². The average Bonchev–Trinajstić information content (AvgIpc) is 2.48. The van der Waals surface area contributed by atoms with Crippen LogP contribution in [0, 0.1) is 0 Å². The van der Waals surface area contributed by atoms with Crippen molar-refractivity contribution < 1.29 is 4.42 Å². The Morgan fingerprint density at radius 1 is 0.111 bits per heavy atom. The summed E-state index contributed by atoms with van der Waals surface area (Å²) < 4.78 is 6.39. The lowest BCUT2D eigenvalue weighted by Gasteiger charge is -2.33. The smallest absolute Gasteiger partial charge is 0.128 e. The summed E-state index contributed by atoms with van der Waals surface area (Å²) in [4.78, 5) is 0. The van der Waals surface area contributed by atoms with E-state index in [2.05, 4.69) is 0 Å². The Balaban J connectivity index is 1.36. The van der Waals surface area contributed by atoms with E-state index in [1.54, 1.807) is 0 Å². The van der Waals surface area contributed by atoms with Crippen molar-refractivity contribution in [2.24, 2.45) is 0 Å². The van der Waals surface area contributed by atoms with Gasteiger partial charge in [-0.15, -0.1) is 49.2 Å². The van der Waals surface area contributed by atoms with Crippen LogP contribution in [-0.2, 0) is 0 Å². The van der Waals surface area contributed by atoms with E-state index in [9.17, 15) is 0 Å². The maximum Gasteiger partial charge on any atom is 0.128 e. The fourth-order valence-electron chi connectivity index (χ4n) is 11.8. The molecule has 11 aromatic rings. The van der Waals surface area contributed by atoms with Crippen LogP contribution in [0.2, 0.25) is 0 Å². The Bertz CT molecular complexity index is 4820. The van der Waals surface area contributed by atoms with Gasteiger partial charge in [-0.2, -0.15) is 0 Å². The molecule has 0 saturated carbocycles. The zero-order valence-corrected chi connectivity index (χ0v) is 42.7. The summed E-state index contributed by atoms with van der Waals surface area (Å²) in [6.07, 6.45) is 0. The van der Waals surface area contributed by atoms with Crippen molar-refractivity contribution >= 4 is 475 Å². The van der Waals surface area contributed by atoms with E-state index in [4.69, 9.17) is 240 Å². The highest BCUT2D eigenvalue weighted by Gasteiger charge is 2.32. The summed E-state index contributed by atoms with van der Waals surface area (Å²) in [6.45, 7) is 0. The summed E-state index contributed by atoms with van der Waals surface area (Å²) in [5.74, 6) is 0. The molecule has 60 radical (unpaired) electrons. The van der Waals surface area contributed by atoms with Gasteiger partial charge >= 0.3 is 0 Å². The highest BCUT2D eigenvalue weighted by molar-refractivity contribution is 6.79. The third-order valence-corrected chi connectivity index (χ3v) is 16.0. The lowest BCUT2D eigenvalue weighted by atomic mass is 9.55. The maximum atomic E-state index is 7.41. The minimum atomic E-state index is -0.257. The van der Waals surface area contributed by atoms with Crippen LogP contribution in [0.4, 0.5) is 0 Å². The van der Waals surface area contributed by atoms with Gasteiger partial charge < -0.3 is 4.42 Å². The second kappa shape index (κ2) is 19.4. The van der Waals surface area contributed by atoms with Crippen molar-refractivity contribution in [1.82, 2.24) is 0 Å². The Kier molecular flexibility index (Phi) is 13.9. The SMILES string of the molecule is [B]c1c([B])c([B])c(-c2c([B])c([B])c3c(c2[B])c([B])c([B])c2c([B])c(-c4c5c([B])c([B])c([B])c([B])c5c(-c5c([B])c([B])c6oc7c([B])c8c([B])c([B])c([B])c([B])c8c([B])c7c6c5[B])c5c([B])c([B])c([B])c([B])c45)c([B])c([B])c23)c([B])c1[B]. The Morgan fingerprint density at radius 2 is 0.296 bits per heavy atom. The lowest BCUT2D eigenvalue weighted by molar-refractivity contribution is 0.675. The van der Waals surface area contributed by atoms with E-state index in [1.807, 2.05) is 0 Å². The molecule has 0 aliphatic heterocycles. The molecule has 0 aliphatic rings. The quantitative estimate of drug-likeness (QED) is 0.0977. The van der Waals surface area contributed by atoms with Crippen molar-refractivity contribution in [1.29, 1.82) is 0 Å².